The van der Waals surface area contributed by atoms with E-state index in [2.05, 4.69) is 22.8 Å². The zero-order valence-corrected chi connectivity index (χ0v) is 13.4. The molecule has 0 spiro atoms. The number of nitrogens with one attached hydrogen (secondary N) is 2. The fourth-order valence-electron chi connectivity index (χ4n) is 2.84. The second-order valence-corrected chi connectivity index (χ2v) is 6.25. The number of carbonyl (C=O) groups excluding carboxylic acids is 2. The van der Waals surface area contributed by atoms with Gasteiger partial charge in [-0.1, -0.05) is 42.5 Å². The van der Waals surface area contributed by atoms with Gasteiger partial charge in [0.05, 0.1) is 0 Å². The van der Waals surface area contributed by atoms with Crippen LogP contribution in [0.5, 0.6) is 0 Å². The Morgan fingerprint density at radius 2 is 1.75 bits per heavy atom. The van der Waals surface area contributed by atoms with Gasteiger partial charge in [0.2, 0.25) is 5.91 Å². The molecule has 0 unspecified atom stereocenters. The fraction of sp³-hybridized carbons (Fsp3) is 0.263. The monoisotopic (exact) mass is 323 g/mol. The lowest BCUT2D eigenvalue weighted by Crippen LogP contribution is -2.39. The highest BCUT2D eigenvalue weighted by Gasteiger charge is 2.44. The lowest BCUT2D eigenvalue weighted by Gasteiger charge is -2.17. The van der Waals surface area contributed by atoms with E-state index in [1.807, 2.05) is 24.3 Å². The van der Waals surface area contributed by atoms with Crippen LogP contribution in [0.3, 0.4) is 0 Å². The highest BCUT2D eigenvalue weighted by atomic mass is 16.2. The highest BCUT2D eigenvalue weighted by molar-refractivity contribution is 5.92. The minimum Gasteiger partial charge on any atom is -0.366 e. The Balaban J connectivity index is 1.50. The van der Waals surface area contributed by atoms with E-state index >= 15 is 0 Å². The summed E-state index contributed by atoms with van der Waals surface area (Å²) >= 11 is 0. The predicted molar refractivity (Wildman–Crippen MR) is 92.6 cm³/mol. The van der Waals surface area contributed by atoms with Crippen molar-refractivity contribution in [2.24, 2.45) is 5.73 Å². The molecule has 0 radical (unpaired) electrons. The molecule has 0 aliphatic heterocycles. The molecule has 0 heterocycles. The van der Waals surface area contributed by atoms with E-state index in [4.69, 9.17) is 5.73 Å². The van der Waals surface area contributed by atoms with Gasteiger partial charge in [-0.3, -0.25) is 4.79 Å². The lowest BCUT2D eigenvalue weighted by atomic mass is 9.96. The van der Waals surface area contributed by atoms with Gasteiger partial charge in [-0.15, -0.1) is 0 Å². The number of rotatable bonds is 6. The van der Waals surface area contributed by atoms with Crippen LogP contribution in [0.4, 0.5) is 4.79 Å². The smallest absolute Gasteiger partial charge is 0.315 e. The first-order valence-corrected chi connectivity index (χ1v) is 8.05. The number of hydrogen-bond acceptors (Lipinski definition) is 2. The van der Waals surface area contributed by atoms with Gasteiger partial charge in [0.15, 0.2) is 0 Å². The fourth-order valence-corrected chi connectivity index (χ4v) is 2.84. The summed E-state index contributed by atoms with van der Waals surface area (Å²) in [6.07, 6.45) is 2.19. The van der Waals surface area contributed by atoms with Crippen LogP contribution in [0.15, 0.2) is 54.6 Å². The van der Waals surface area contributed by atoms with Crippen molar-refractivity contribution in [1.29, 1.82) is 0 Å². The Labute approximate surface area is 141 Å². The van der Waals surface area contributed by atoms with Gasteiger partial charge < -0.3 is 16.4 Å². The number of amides is 3. The molecule has 1 aliphatic rings. The van der Waals surface area contributed by atoms with E-state index in [1.54, 1.807) is 18.2 Å². The van der Waals surface area contributed by atoms with Gasteiger partial charge in [0, 0.05) is 24.1 Å². The third-order valence-electron chi connectivity index (χ3n) is 4.49. The molecule has 3 rings (SSSR count). The number of hydrogen-bond donors (Lipinski definition) is 3. The first-order valence-electron chi connectivity index (χ1n) is 8.05. The molecule has 1 saturated carbocycles. The summed E-state index contributed by atoms with van der Waals surface area (Å²) < 4.78 is 0. The van der Waals surface area contributed by atoms with Gasteiger partial charge in [-0.05, 0) is 36.1 Å². The van der Waals surface area contributed by atoms with Crippen molar-refractivity contribution >= 4 is 11.9 Å². The molecular weight excluding hydrogens is 302 g/mol. The van der Waals surface area contributed by atoms with E-state index in [0.717, 1.165) is 18.4 Å². The van der Waals surface area contributed by atoms with Gasteiger partial charge in [-0.25, -0.2) is 4.79 Å². The summed E-state index contributed by atoms with van der Waals surface area (Å²) in [7, 11) is 0. The summed E-state index contributed by atoms with van der Waals surface area (Å²) in [6.45, 7) is 0.982. The molecule has 2 aromatic carbocycles. The van der Waals surface area contributed by atoms with E-state index in [-0.39, 0.29) is 11.4 Å². The van der Waals surface area contributed by atoms with Crippen LogP contribution in [-0.2, 0) is 12.0 Å². The molecule has 5 nitrogen and oxygen atoms in total. The Hall–Kier alpha value is -2.82. The van der Waals surface area contributed by atoms with E-state index < -0.39 is 5.91 Å². The zero-order valence-electron chi connectivity index (χ0n) is 13.4. The second kappa shape index (κ2) is 6.74. The van der Waals surface area contributed by atoms with Crippen molar-refractivity contribution in [2.75, 3.05) is 6.54 Å². The number of benzene rings is 2. The molecule has 124 valence electrons. The minimum atomic E-state index is -0.472. The van der Waals surface area contributed by atoms with Gasteiger partial charge >= 0.3 is 6.03 Å². The first-order chi connectivity index (χ1) is 11.6. The number of urea groups is 1. The molecule has 5 heteroatoms. The van der Waals surface area contributed by atoms with Gasteiger partial charge in [0.25, 0.3) is 0 Å². The summed E-state index contributed by atoms with van der Waals surface area (Å²) in [5.41, 5.74) is 7.90. The predicted octanol–water partition coefficient (Wildman–Crippen LogP) is 2.32. The summed E-state index contributed by atoms with van der Waals surface area (Å²) in [5, 5.41) is 5.76. The number of nitrogens with two attached hydrogens (primary N) is 1. The summed E-state index contributed by atoms with van der Waals surface area (Å²) in [4.78, 5) is 23.2. The molecule has 4 N–H and O–H groups in total. The molecule has 1 fully saturated rings. The minimum absolute atomic E-state index is 0.0878. The van der Waals surface area contributed by atoms with Crippen molar-refractivity contribution in [3.05, 3.63) is 71.3 Å². The van der Waals surface area contributed by atoms with Crippen molar-refractivity contribution in [2.45, 2.75) is 24.8 Å². The van der Waals surface area contributed by atoms with Crippen molar-refractivity contribution in [3.8, 4) is 0 Å². The van der Waals surface area contributed by atoms with Crippen molar-refractivity contribution in [1.82, 2.24) is 10.6 Å². The maximum atomic E-state index is 12.0. The molecule has 0 atom stereocenters. The van der Waals surface area contributed by atoms with Crippen molar-refractivity contribution < 1.29 is 9.59 Å². The van der Waals surface area contributed by atoms with Gasteiger partial charge in [-0.2, -0.15) is 0 Å². The summed E-state index contributed by atoms with van der Waals surface area (Å²) in [5.74, 6) is -0.472. The average Bonchev–Trinajstić information content (AvgIpc) is 3.40. The normalized spacial score (nSPS) is 14.7. The maximum absolute atomic E-state index is 12.0. The third-order valence-corrected chi connectivity index (χ3v) is 4.49. The summed E-state index contributed by atoms with van der Waals surface area (Å²) in [6, 6.07) is 17.0. The van der Waals surface area contributed by atoms with E-state index in [1.165, 1.54) is 5.56 Å². The van der Waals surface area contributed by atoms with Crippen molar-refractivity contribution in [3.63, 3.8) is 0 Å². The van der Waals surface area contributed by atoms with Crippen LogP contribution in [0.25, 0.3) is 0 Å². The molecule has 0 saturated heterocycles. The Bertz CT molecular complexity index is 739. The average molecular weight is 323 g/mol. The molecular formula is C19H21N3O2. The SMILES string of the molecule is NC(=O)c1cccc(CNC(=O)NCC2(c3ccccc3)CC2)c1. The Morgan fingerprint density at radius 3 is 2.42 bits per heavy atom. The standard InChI is InChI=1S/C19H21N3O2/c20-17(23)15-6-4-5-14(11-15)12-21-18(24)22-13-19(9-10-19)16-7-2-1-3-8-16/h1-8,11H,9-10,12-13H2,(H2,20,23)(H2,21,22,24). The van der Waals surface area contributed by atoms with Crippen LogP contribution in [0.2, 0.25) is 0 Å². The number of primary amides is 1. The van der Waals surface area contributed by atoms with Gasteiger partial charge in [0.1, 0.15) is 0 Å². The molecule has 0 aromatic heterocycles. The van der Waals surface area contributed by atoms with Crippen LogP contribution < -0.4 is 16.4 Å². The quantitative estimate of drug-likeness (QED) is 0.762. The Kier molecular flexibility index (Phi) is 4.51. The third kappa shape index (κ3) is 3.74. The molecule has 2 aromatic rings. The second-order valence-electron chi connectivity index (χ2n) is 6.25. The maximum Gasteiger partial charge on any atom is 0.315 e. The van der Waals surface area contributed by atoms with E-state index in [9.17, 15) is 9.59 Å². The molecule has 24 heavy (non-hydrogen) atoms. The Morgan fingerprint density at radius 1 is 1.00 bits per heavy atom. The first kappa shape index (κ1) is 16.1. The van der Waals surface area contributed by atoms with Crippen LogP contribution in [0, 0.1) is 0 Å². The molecule has 3 amide bonds. The van der Waals surface area contributed by atoms with Crippen LogP contribution >= 0.6 is 0 Å². The number of carbonyl (C=O) groups is 2. The van der Waals surface area contributed by atoms with Crippen LogP contribution in [-0.4, -0.2) is 18.5 Å². The largest absolute Gasteiger partial charge is 0.366 e. The van der Waals surface area contributed by atoms with E-state index in [0.29, 0.717) is 18.7 Å². The molecule has 0 bridgehead atoms. The highest BCUT2D eigenvalue weighted by Crippen LogP contribution is 2.47. The lowest BCUT2D eigenvalue weighted by molar-refractivity contribution is 0.1000. The molecule has 1 aliphatic carbocycles. The van der Waals surface area contributed by atoms with Crippen LogP contribution in [0.1, 0.15) is 34.3 Å². The zero-order chi connectivity index (χ0) is 17.0. The topological polar surface area (TPSA) is 84.2 Å².